The Hall–Kier alpha value is -2.86. The van der Waals surface area contributed by atoms with Gasteiger partial charge in [-0.3, -0.25) is 4.79 Å². The van der Waals surface area contributed by atoms with E-state index in [1.807, 2.05) is 42.5 Å². The molecule has 0 saturated carbocycles. The minimum absolute atomic E-state index is 0.0436. The lowest BCUT2D eigenvalue weighted by Gasteiger charge is -1.93. The van der Waals surface area contributed by atoms with Gasteiger partial charge in [-0.1, -0.05) is 42.5 Å². The van der Waals surface area contributed by atoms with Gasteiger partial charge in [0.2, 0.25) is 5.78 Å². The third-order valence-corrected chi connectivity index (χ3v) is 2.46. The Balaban J connectivity index is 2.15. The Morgan fingerprint density at radius 2 is 1.95 bits per heavy atom. The highest BCUT2D eigenvalue weighted by atomic mass is 16.3. The van der Waals surface area contributed by atoms with E-state index < -0.39 is 5.78 Å². The number of carbonyl (C=O) groups is 1. The summed E-state index contributed by atoms with van der Waals surface area (Å²) < 4.78 is 4.98. The molecule has 3 nitrogen and oxygen atoms in total. The second-order valence-electron chi connectivity index (χ2n) is 3.77. The van der Waals surface area contributed by atoms with E-state index in [2.05, 4.69) is 0 Å². The first-order valence-corrected chi connectivity index (χ1v) is 5.73. The van der Waals surface area contributed by atoms with E-state index in [9.17, 15) is 4.79 Å². The third kappa shape index (κ3) is 3.30. The molecule has 2 rings (SSSR count). The number of nitrogens with zero attached hydrogens (tertiary/aromatic N) is 1. The van der Waals surface area contributed by atoms with Gasteiger partial charge in [0.15, 0.2) is 5.76 Å². The summed E-state index contributed by atoms with van der Waals surface area (Å²) in [6, 6.07) is 14.7. The van der Waals surface area contributed by atoms with Crippen molar-refractivity contribution < 1.29 is 9.21 Å². The zero-order valence-electron chi connectivity index (χ0n) is 10.1. The van der Waals surface area contributed by atoms with E-state index >= 15 is 0 Å². The summed E-state index contributed by atoms with van der Waals surface area (Å²) in [5, 5.41) is 8.98. The normalized spacial score (nSPS) is 11.4. The van der Waals surface area contributed by atoms with Crippen molar-refractivity contribution in [3.8, 4) is 6.07 Å². The van der Waals surface area contributed by atoms with Crippen LogP contribution in [0.4, 0.5) is 0 Å². The highest BCUT2D eigenvalue weighted by Gasteiger charge is 2.13. The Morgan fingerprint density at radius 3 is 2.58 bits per heavy atom. The average molecular weight is 249 g/mol. The van der Waals surface area contributed by atoms with Gasteiger partial charge in [0.1, 0.15) is 11.6 Å². The minimum atomic E-state index is -0.412. The predicted octanol–water partition coefficient (Wildman–Crippen LogP) is 3.63. The Kier molecular flexibility index (Phi) is 4.09. The number of rotatable bonds is 4. The van der Waals surface area contributed by atoms with Crippen molar-refractivity contribution in [3.63, 3.8) is 0 Å². The molecule has 0 aliphatic heterocycles. The lowest BCUT2D eigenvalue weighted by Crippen LogP contribution is -1.99. The number of carbonyl (C=O) groups excluding carboxylic acids is 1. The highest BCUT2D eigenvalue weighted by Crippen LogP contribution is 2.09. The van der Waals surface area contributed by atoms with Gasteiger partial charge in [-0.2, -0.15) is 5.26 Å². The molecule has 1 heterocycles. The monoisotopic (exact) mass is 249 g/mol. The molecule has 0 spiro atoms. The van der Waals surface area contributed by atoms with E-state index in [0.717, 1.165) is 5.56 Å². The second-order valence-corrected chi connectivity index (χ2v) is 3.77. The van der Waals surface area contributed by atoms with E-state index in [0.29, 0.717) is 0 Å². The lowest BCUT2D eigenvalue weighted by molar-refractivity contribution is 0.101. The van der Waals surface area contributed by atoms with Gasteiger partial charge in [0.25, 0.3) is 0 Å². The predicted molar refractivity (Wildman–Crippen MR) is 72.2 cm³/mol. The summed E-state index contributed by atoms with van der Waals surface area (Å²) in [7, 11) is 0. The summed E-state index contributed by atoms with van der Waals surface area (Å²) in [6.45, 7) is 0. The first-order chi connectivity index (χ1) is 9.31. The van der Waals surface area contributed by atoms with Crippen LogP contribution in [0.1, 0.15) is 16.1 Å². The van der Waals surface area contributed by atoms with Gasteiger partial charge >= 0.3 is 0 Å². The molecule has 0 aliphatic carbocycles. The van der Waals surface area contributed by atoms with Gasteiger partial charge in [0.05, 0.1) is 6.26 Å². The van der Waals surface area contributed by atoms with Crippen LogP contribution in [0, 0.1) is 11.3 Å². The molecule has 2 aromatic rings. The van der Waals surface area contributed by atoms with Gasteiger partial charge in [-0.25, -0.2) is 0 Å². The number of hydrogen-bond donors (Lipinski definition) is 0. The molecule has 0 bridgehead atoms. The van der Waals surface area contributed by atoms with E-state index in [1.54, 1.807) is 12.1 Å². The van der Waals surface area contributed by atoms with Gasteiger partial charge in [0, 0.05) is 0 Å². The number of hydrogen-bond acceptors (Lipinski definition) is 3. The molecular weight excluding hydrogens is 238 g/mol. The third-order valence-electron chi connectivity index (χ3n) is 2.46. The van der Waals surface area contributed by atoms with Crippen molar-refractivity contribution in [1.82, 2.24) is 0 Å². The molecule has 0 aliphatic rings. The first kappa shape index (κ1) is 12.6. The maximum atomic E-state index is 11.9. The topological polar surface area (TPSA) is 54.0 Å². The van der Waals surface area contributed by atoms with Gasteiger partial charge in [-0.15, -0.1) is 0 Å². The zero-order valence-corrected chi connectivity index (χ0v) is 10.1. The summed E-state index contributed by atoms with van der Waals surface area (Å²) in [5.74, 6) is -0.244. The largest absolute Gasteiger partial charge is 0.461 e. The van der Waals surface area contributed by atoms with Crippen molar-refractivity contribution >= 4 is 11.9 Å². The zero-order chi connectivity index (χ0) is 13.5. The smallest absolute Gasteiger partial charge is 0.238 e. The SMILES string of the molecule is N#C/C(=C\C=C\c1ccccc1)C(=O)c1ccco1. The standard InChI is InChI=1S/C16H11NO2/c17-12-14(16(18)15-10-5-11-19-15)9-4-8-13-6-2-1-3-7-13/h1-11H/b8-4+,14-9+. The van der Waals surface area contributed by atoms with E-state index in [-0.39, 0.29) is 11.3 Å². The Bertz CT molecular complexity index is 644. The fourth-order valence-corrected chi connectivity index (χ4v) is 1.52. The number of furan rings is 1. The van der Waals surface area contributed by atoms with Crippen molar-refractivity contribution in [3.05, 3.63) is 77.8 Å². The first-order valence-electron chi connectivity index (χ1n) is 5.73. The second kappa shape index (κ2) is 6.18. The summed E-state index contributed by atoms with van der Waals surface area (Å²) in [4.78, 5) is 11.9. The molecule has 1 aromatic carbocycles. The van der Waals surface area contributed by atoms with Gasteiger partial charge in [-0.05, 0) is 23.8 Å². The van der Waals surface area contributed by atoms with E-state index in [1.165, 1.54) is 18.4 Å². The number of allylic oxidation sites excluding steroid dienone is 3. The number of ketones is 1. The lowest BCUT2D eigenvalue weighted by atomic mass is 10.1. The van der Waals surface area contributed by atoms with Crippen LogP contribution in [-0.2, 0) is 0 Å². The maximum Gasteiger partial charge on any atom is 0.238 e. The highest BCUT2D eigenvalue weighted by molar-refractivity contribution is 6.09. The van der Waals surface area contributed by atoms with Crippen molar-refractivity contribution in [2.75, 3.05) is 0 Å². The van der Waals surface area contributed by atoms with Crippen molar-refractivity contribution in [2.45, 2.75) is 0 Å². The van der Waals surface area contributed by atoms with Gasteiger partial charge < -0.3 is 4.42 Å². The Morgan fingerprint density at radius 1 is 1.16 bits per heavy atom. The summed E-state index contributed by atoms with van der Waals surface area (Å²) >= 11 is 0. The summed E-state index contributed by atoms with van der Waals surface area (Å²) in [5.41, 5.74) is 1.05. The molecule has 0 radical (unpaired) electrons. The van der Waals surface area contributed by atoms with Crippen LogP contribution in [0.3, 0.4) is 0 Å². The quantitative estimate of drug-likeness (QED) is 0.360. The fourth-order valence-electron chi connectivity index (χ4n) is 1.52. The average Bonchev–Trinajstić information content (AvgIpc) is 2.98. The van der Waals surface area contributed by atoms with Crippen molar-refractivity contribution in [2.24, 2.45) is 0 Å². The van der Waals surface area contributed by atoms with Crippen LogP contribution in [-0.4, -0.2) is 5.78 Å². The molecule has 0 atom stereocenters. The number of benzene rings is 1. The number of Topliss-reactive ketones (excluding diaryl/α,β-unsaturated/α-hetero) is 1. The maximum absolute atomic E-state index is 11.9. The minimum Gasteiger partial charge on any atom is -0.461 e. The molecule has 0 fully saturated rings. The fraction of sp³-hybridized carbons (Fsp3) is 0. The molecule has 0 amide bonds. The molecule has 92 valence electrons. The number of nitriles is 1. The molecule has 0 N–H and O–H groups in total. The van der Waals surface area contributed by atoms with Crippen LogP contribution in [0.25, 0.3) is 6.08 Å². The molecule has 0 saturated heterocycles. The molecule has 0 unspecified atom stereocenters. The van der Waals surface area contributed by atoms with Crippen LogP contribution in [0.5, 0.6) is 0 Å². The molecule has 19 heavy (non-hydrogen) atoms. The van der Waals surface area contributed by atoms with Crippen LogP contribution in [0.2, 0.25) is 0 Å². The van der Waals surface area contributed by atoms with Crippen LogP contribution in [0.15, 0.2) is 70.9 Å². The molecule has 3 heteroatoms. The molecular formula is C16H11NO2. The molecule has 1 aromatic heterocycles. The summed E-state index contributed by atoms with van der Waals surface area (Å²) in [6.07, 6.45) is 6.39. The van der Waals surface area contributed by atoms with E-state index in [4.69, 9.17) is 9.68 Å². The van der Waals surface area contributed by atoms with Crippen molar-refractivity contribution in [1.29, 1.82) is 5.26 Å². The van der Waals surface area contributed by atoms with Crippen LogP contribution >= 0.6 is 0 Å². The van der Waals surface area contributed by atoms with Crippen LogP contribution < -0.4 is 0 Å². The Labute approximate surface area is 111 Å².